The molecule has 4 nitrogen and oxygen atoms in total. The van der Waals surface area contributed by atoms with Crippen molar-refractivity contribution >= 4 is 5.97 Å². The van der Waals surface area contributed by atoms with Crippen LogP contribution in [0.4, 0.5) is 0 Å². The van der Waals surface area contributed by atoms with Crippen LogP contribution >= 0.6 is 0 Å². The van der Waals surface area contributed by atoms with E-state index in [1.54, 1.807) is 0 Å². The lowest BCUT2D eigenvalue weighted by Crippen LogP contribution is -2.11. The summed E-state index contributed by atoms with van der Waals surface area (Å²) in [4.78, 5) is 10.5. The largest absolute Gasteiger partial charge is 0.481 e. The molecular formula is C20H32O4. The monoisotopic (exact) mass is 336 g/mol. The third kappa shape index (κ3) is 6.06. The summed E-state index contributed by atoms with van der Waals surface area (Å²) >= 11 is 0. The SMILES string of the molecule is CCCCCC(O)C=CC1=CC[C@@H]2C[C@H](OCCCC(=O)O)C[C@@H]12. The van der Waals surface area contributed by atoms with Crippen molar-refractivity contribution in [2.45, 2.75) is 76.9 Å². The molecule has 0 saturated heterocycles. The van der Waals surface area contributed by atoms with Gasteiger partial charge in [0.05, 0.1) is 12.2 Å². The standard InChI is InChI=1S/C20H32O4/c1-2-3-4-6-17(21)11-10-15-8-9-16-13-18(14-19(15)16)24-12-5-7-20(22)23/h8,10-11,16-19,21H,2-7,9,12-14H2,1H3,(H,22,23)/t16-,17?,18+,19+/m1/s1. The first-order valence-corrected chi connectivity index (χ1v) is 9.49. The van der Waals surface area contributed by atoms with Gasteiger partial charge in [-0.1, -0.05) is 44.4 Å². The molecule has 2 aliphatic rings. The van der Waals surface area contributed by atoms with Gasteiger partial charge in [-0.3, -0.25) is 4.79 Å². The van der Waals surface area contributed by atoms with E-state index in [9.17, 15) is 9.90 Å². The van der Waals surface area contributed by atoms with E-state index in [0.717, 1.165) is 32.1 Å². The fourth-order valence-corrected chi connectivity index (χ4v) is 3.90. The van der Waals surface area contributed by atoms with Crippen molar-refractivity contribution in [2.75, 3.05) is 6.61 Å². The minimum Gasteiger partial charge on any atom is -0.481 e. The van der Waals surface area contributed by atoms with Gasteiger partial charge in [-0.15, -0.1) is 0 Å². The summed E-state index contributed by atoms with van der Waals surface area (Å²) in [6, 6.07) is 0. The number of aliphatic hydroxyl groups is 1. The molecule has 0 spiro atoms. The van der Waals surface area contributed by atoms with Crippen LogP contribution in [0.1, 0.15) is 64.7 Å². The summed E-state index contributed by atoms with van der Waals surface area (Å²) in [5, 5.41) is 18.7. The van der Waals surface area contributed by atoms with Crippen molar-refractivity contribution in [1.82, 2.24) is 0 Å². The van der Waals surface area contributed by atoms with Gasteiger partial charge in [0.15, 0.2) is 0 Å². The molecule has 0 heterocycles. The first-order valence-electron chi connectivity index (χ1n) is 9.49. The van der Waals surface area contributed by atoms with Crippen molar-refractivity contribution in [2.24, 2.45) is 11.8 Å². The molecule has 24 heavy (non-hydrogen) atoms. The number of aliphatic carboxylic acids is 1. The number of hydrogen-bond acceptors (Lipinski definition) is 3. The molecule has 1 unspecified atom stereocenters. The maximum Gasteiger partial charge on any atom is 0.303 e. The van der Waals surface area contributed by atoms with Crippen LogP contribution < -0.4 is 0 Å². The maximum atomic E-state index is 10.5. The molecule has 0 radical (unpaired) electrons. The summed E-state index contributed by atoms with van der Waals surface area (Å²) < 4.78 is 5.87. The Kier molecular flexibility index (Phi) is 8.00. The molecule has 2 rings (SSSR count). The summed E-state index contributed by atoms with van der Waals surface area (Å²) in [5.41, 5.74) is 1.35. The van der Waals surface area contributed by atoms with Crippen LogP contribution in [0.25, 0.3) is 0 Å². The second-order valence-corrected chi connectivity index (χ2v) is 7.19. The summed E-state index contributed by atoms with van der Waals surface area (Å²) in [7, 11) is 0. The quantitative estimate of drug-likeness (QED) is 0.558. The molecule has 2 aliphatic carbocycles. The van der Waals surface area contributed by atoms with Gasteiger partial charge in [-0.25, -0.2) is 0 Å². The van der Waals surface area contributed by atoms with Crippen LogP contribution in [0.5, 0.6) is 0 Å². The number of rotatable bonds is 11. The highest BCUT2D eigenvalue weighted by molar-refractivity contribution is 5.66. The molecular weight excluding hydrogens is 304 g/mol. The predicted molar refractivity (Wildman–Crippen MR) is 94.8 cm³/mol. The molecule has 2 N–H and O–H groups in total. The number of carboxylic acid groups (broad SMARTS) is 1. The maximum absolute atomic E-state index is 10.5. The zero-order chi connectivity index (χ0) is 17.4. The van der Waals surface area contributed by atoms with Crippen LogP contribution in [-0.2, 0) is 9.53 Å². The fraction of sp³-hybridized carbons (Fsp3) is 0.750. The van der Waals surface area contributed by atoms with Gasteiger partial charge in [-0.05, 0) is 49.5 Å². The van der Waals surface area contributed by atoms with Crippen LogP contribution in [0.2, 0.25) is 0 Å². The first-order chi connectivity index (χ1) is 11.6. The van der Waals surface area contributed by atoms with Gasteiger partial charge < -0.3 is 14.9 Å². The zero-order valence-electron chi connectivity index (χ0n) is 14.8. The Hall–Kier alpha value is -1.13. The molecule has 0 aliphatic heterocycles. The van der Waals surface area contributed by atoms with E-state index >= 15 is 0 Å². The topological polar surface area (TPSA) is 66.8 Å². The lowest BCUT2D eigenvalue weighted by atomic mass is 9.94. The van der Waals surface area contributed by atoms with E-state index in [1.807, 2.05) is 6.08 Å². The first kappa shape index (κ1) is 19.2. The van der Waals surface area contributed by atoms with Crippen molar-refractivity contribution in [3.05, 3.63) is 23.8 Å². The van der Waals surface area contributed by atoms with E-state index in [2.05, 4.69) is 19.1 Å². The van der Waals surface area contributed by atoms with Crippen LogP contribution in [0, 0.1) is 11.8 Å². The average Bonchev–Trinajstić information content (AvgIpc) is 3.10. The van der Waals surface area contributed by atoms with Gasteiger partial charge >= 0.3 is 5.97 Å². The highest BCUT2D eigenvalue weighted by Crippen LogP contribution is 2.45. The minimum atomic E-state index is -0.755. The Bertz CT molecular complexity index is 455. The molecule has 0 aromatic carbocycles. The van der Waals surface area contributed by atoms with Gasteiger partial charge in [0.25, 0.3) is 0 Å². The second-order valence-electron chi connectivity index (χ2n) is 7.19. The number of aliphatic hydroxyl groups excluding tert-OH is 1. The Labute approximate surface area is 145 Å². The number of fused-ring (bicyclic) bond motifs is 1. The lowest BCUT2D eigenvalue weighted by Gasteiger charge is -2.13. The van der Waals surface area contributed by atoms with Crippen molar-refractivity contribution in [3.63, 3.8) is 0 Å². The predicted octanol–water partition coefficient (Wildman–Crippen LogP) is 4.09. The minimum absolute atomic E-state index is 0.184. The third-order valence-electron chi connectivity index (χ3n) is 5.24. The Morgan fingerprint density at radius 2 is 2.21 bits per heavy atom. The van der Waals surface area contributed by atoms with Crippen molar-refractivity contribution in [3.8, 4) is 0 Å². The number of hydrogen-bond donors (Lipinski definition) is 2. The molecule has 136 valence electrons. The van der Waals surface area contributed by atoms with E-state index in [1.165, 1.54) is 18.4 Å². The number of ether oxygens (including phenoxy) is 1. The molecule has 0 aromatic heterocycles. The van der Waals surface area contributed by atoms with Crippen LogP contribution in [0.3, 0.4) is 0 Å². The summed E-state index contributed by atoms with van der Waals surface area (Å²) in [6.45, 7) is 2.72. The van der Waals surface area contributed by atoms with E-state index < -0.39 is 5.97 Å². The van der Waals surface area contributed by atoms with Gasteiger partial charge in [0, 0.05) is 13.0 Å². The second kappa shape index (κ2) is 10.00. The lowest BCUT2D eigenvalue weighted by molar-refractivity contribution is -0.137. The molecule has 0 bridgehead atoms. The van der Waals surface area contributed by atoms with E-state index in [0.29, 0.717) is 24.9 Å². The van der Waals surface area contributed by atoms with Gasteiger partial charge in [-0.2, -0.15) is 0 Å². The van der Waals surface area contributed by atoms with Gasteiger partial charge in [0.1, 0.15) is 0 Å². The Morgan fingerprint density at radius 1 is 1.38 bits per heavy atom. The number of carbonyl (C=O) groups is 1. The van der Waals surface area contributed by atoms with E-state index in [-0.39, 0.29) is 18.6 Å². The normalized spacial score (nSPS) is 27.4. The summed E-state index contributed by atoms with van der Waals surface area (Å²) in [5.74, 6) is 0.453. The molecule has 4 atom stereocenters. The zero-order valence-corrected chi connectivity index (χ0v) is 14.8. The molecule has 0 amide bonds. The Balaban J connectivity index is 1.71. The number of allylic oxidation sites excluding steroid dienone is 3. The number of carboxylic acids is 1. The highest BCUT2D eigenvalue weighted by Gasteiger charge is 2.38. The van der Waals surface area contributed by atoms with Crippen LogP contribution in [0.15, 0.2) is 23.8 Å². The number of unbranched alkanes of at least 4 members (excludes halogenated alkanes) is 2. The molecule has 4 heteroatoms. The summed E-state index contributed by atoms with van der Waals surface area (Å²) in [6.07, 6.45) is 14.6. The highest BCUT2D eigenvalue weighted by atomic mass is 16.5. The fourth-order valence-electron chi connectivity index (χ4n) is 3.90. The molecule has 0 aromatic rings. The van der Waals surface area contributed by atoms with Crippen molar-refractivity contribution < 1.29 is 19.7 Å². The smallest absolute Gasteiger partial charge is 0.303 e. The van der Waals surface area contributed by atoms with Crippen LogP contribution in [-0.4, -0.2) is 35.0 Å². The Morgan fingerprint density at radius 3 is 2.96 bits per heavy atom. The van der Waals surface area contributed by atoms with Gasteiger partial charge in [0.2, 0.25) is 0 Å². The molecule has 1 saturated carbocycles. The van der Waals surface area contributed by atoms with E-state index in [4.69, 9.17) is 9.84 Å². The third-order valence-corrected chi connectivity index (χ3v) is 5.24. The van der Waals surface area contributed by atoms with Crippen molar-refractivity contribution in [1.29, 1.82) is 0 Å². The average molecular weight is 336 g/mol. The molecule has 1 fully saturated rings.